The number of anilines is 1. The zero-order chi connectivity index (χ0) is 15.0. The molecule has 0 heterocycles. The third-order valence-electron chi connectivity index (χ3n) is 2.66. The van der Waals surface area contributed by atoms with Crippen molar-refractivity contribution < 1.29 is 24.2 Å². The molecule has 0 aromatic heterocycles. The predicted octanol–water partition coefficient (Wildman–Crippen LogP) is 1.51. The fraction of sp³-hybridized carbons (Fsp3) is 0.429. The molecule has 1 rings (SSSR count). The van der Waals surface area contributed by atoms with E-state index in [9.17, 15) is 9.59 Å². The maximum atomic E-state index is 11.6. The first kappa shape index (κ1) is 16.1. The summed E-state index contributed by atoms with van der Waals surface area (Å²) in [6.45, 7) is 2.76. The molecule has 0 aliphatic rings. The molecule has 0 aliphatic carbocycles. The third-order valence-corrected chi connectivity index (χ3v) is 2.66. The van der Waals surface area contributed by atoms with E-state index in [2.05, 4.69) is 5.32 Å². The van der Waals surface area contributed by atoms with Crippen molar-refractivity contribution in [1.82, 2.24) is 0 Å². The molecular weight excluding hydrogens is 262 g/mol. The van der Waals surface area contributed by atoms with Gasteiger partial charge < -0.3 is 19.9 Å². The van der Waals surface area contributed by atoms with Crippen LogP contribution >= 0.6 is 0 Å². The monoisotopic (exact) mass is 281 g/mol. The number of carboxylic acids is 1. The van der Waals surface area contributed by atoms with Crippen LogP contribution < -0.4 is 5.32 Å². The molecule has 1 atom stereocenters. The van der Waals surface area contributed by atoms with E-state index in [0.29, 0.717) is 25.5 Å². The van der Waals surface area contributed by atoms with Crippen molar-refractivity contribution in [2.75, 3.05) is 25.6 Å². The van der Waals surface area contributed by atoms with Gasteiger partial charge in [-0.3, -0.25) is 9.59 Å². The van der Waals surface area contributed by atoms with Gasteiger partial charge in [0.05, 0.1) is 19.8 Å². The van der Waals surface area contributed by atoms with Crippen LogP contribution in [0.15, 0.2) is 24.3 Å². The molecule has 1 aromatic carbocycles. The largest absolute Gasteiger partial charge is 0.481 e. The van der Waals surface area contributed by atoms with Crippen molar-refractivity contribution in [3.63, 3.8) is 0 Å². The zero-order valence-corrected chi connectivity index (χ0v) is 11.6. The maximum Gasteiger partial charge on any atom is 0.315 e. The summed E-state index contributed by atoms with van der Waals surface area (Å²) in [7, 11) is 1.60. The molecule has 2 N–H and O–H groups in total. The van der Waals surface area contributed by atoms with Gasteiger partial charge in [0.25, 0.3) is 0 Å². The van der Waals surface area contributed by atoms with Crippen LogP contribution in [0.5, 0.6) is 0 Å². The van der Waals surface area contributed by atoms with Crippen LogP contribution in [0.4, 0.5) is 5.69 Å². The third kappa shape index (κ3) is 5.38. The van der Waals surface area contributed by atoms with Crippen molar-refractivity contribution >= 4 is 17.6 Å². The summed E-state index contributed by atoms with van der Waals surface area (Å²) in [4.78, 5) is 22.3. The Bertz CT molecular complexity index is 461. The molecule has 0 radical (unpaired) electrons. The van der Waals surface area contributed by atoms with Crippen molar-refractivity contribution in [3.05, 3.63) is 29.8 Å². The number of benzene rings is 1. The lowest BCUT2D eigenvalue weighted by atomic mass is 10.1. The van der Waals surface area contributed by atoms with Gasteiger partial charge in [0.15, 0.2) is 0 Å². The first-order chi connectivity index (χ1) is 9.54. The molecule has 0 aliphatic heterocycles. The van der Waals surface area contributed by atoms with Crippen LogP contribution in [0.3, 0.4) is 0 Å². The van der Waals surface area contributed by atoms with E-state index in [4.69, 9.17) is 14.6 Å². The summed E-state index contributed by atoms with van der Waals surface area (Å²) in [6.07, 6.45) is 0. The molecule has 6 heteroatoms. The smallest absolute Gasteiger partial charge is 0.315 e. The van der Waals surface area contributed by atoms with E-state index in [-0.39, 0.29) is 0 Å². The number of aliphatic carboxylic acids is 1. The quantitative estimate of drug-likeness (QED) is 0.557. The lowest BCUT2D eigenvalue weighted by molar-refractivity contribution is -0.144. The van der Waals surface area contributed by atoms with Crippen molar-refractivity contribution in [2.45, 2.75) is 13.5 Å². The molecule has 1 amide bonds. The van der Waals surface area contributed by atoms with Gasteiger partial charge in [-0.2, -0.15) is 0 Å². The Hall–Kier alpha value is -1.92. The molecule has 0 spiro atoms. The summed E-state index contributed by atoms with van der Waals surface area (Å²) in [5.41, 5.74) is 1.44. The maximum absolute atomic E-state index is 11.6. The normalized spacial score (nSPS) is 11.9. The Morgan fingerprint density at radius 3 is 2.75 bits per heavy atom. The second kappa shape index (κ2) is 8.29. The number of carbonyl (C=O) groups excluding carboxylic acids is 1. The number of hydrogen-bond acceptors (Lipinski definition) is 4. The van der Waals surface area contributed by atoms with E-state index < -0.39 is 17.8 Å². The molecule has 1 aromatic rings. The highest BCUT2D eigenvalue weighted by molar-refractivity contribution is 6.03. The topological polar surface area (TPSA) is 84.9 Å². The fourth-order valence-electron chi connectivity index (χ4n) is 1.43. The second-order valence-electron chi connectivity index (χ2n) is 4.29. The van der Waals surface area contributed by atoms with E-state index in [1.807, 2.05) is 6.07 Å². The number of nitrogens with one attached hydrogen (secondary N) is 1. The average molecular weight is 281 g/mol. The van der Waals surface area contributed by atoms with E-state index >= 15 is 0 Å². The number of methoxy groups -OCH3 is 1. The van der Waals surface area contributed by atoms with Gasteiger partial charge in [-0.1, -0.05) is 12.1 Å². The van der Waals surface area contributed by atoms with E-state index in [1.165, 1.54) is 6.92 Å². The van der Waals surface area contributed by atoms with Gasteiger partial charge in [0.1, 0.15) is 5.92 Å². The molecule has 20 heavy (non-hydrogen) atoms. The first-order valence-corrected chi connectivity index (χ1v) is 6.24. The second-order valence-corrected chi connectivity index (χ2v) is 4.29. The Labute approximate surface area is 117 Å². The van der Waals surface area contributed by atoms with Gasteiger partial charge in [0.2, 0.25) is 5.91 Å². The highest BCUT2D eigenvalue weighted by atomic mass is 16.5. The summed E-state index contributed by atoms with van der Waals surface area (Å²) in [5.74, 6) is -2.78. The van der Waals surface area contributed by atoms with Gasteiger partial charge in [-0.25, -0.2) is 0 Å². The van der Waals surface area contributed by atoms with Crippen LogP contribution in [0.1, 0.15) is 12.5 Å². The van der Waals surface area contributed by atoms with Crippen LogP contribution in [-0.2, 0) is 25.7 Å². The Morgan fingerprint density at radius 1 is 1.35 bits per heavy atom. The number of amides is 1. The molecule has 1 unspecified atom stereocenters. The number of carboxylic acid groups (broad SMARTS) is 1. The van der Waals surface area contributed by atoms with Crippen LogP contribution in [-0.4, -0.2) is 37.3 Å². The van der Waals surface area contributed by atoms with Gasteiger partial charge in [0, 0.05) is 12.8 Å². The van der Waals surface area contributed by atoms with Gasteiger partial charge in [-0.15, -0.1) is 0 Å². The summed E-state index contributed by atoms with van der Waals surface area (Å²) in [5, 5.41) is 11.3. The number of hydrogen-bond donors (Lipinski definition) is 2. The molecular formula is C14H19NO5. The number of rotatable bonds is 8. The Kier molecular flexibility index (Phi) is 6.69. The molecule has 0 fully saturated rings. The molecule has 110 valence electrons. The Morgan fingerprint density at radius 2 is 2.10 bits per heavy atom. The average Bonchev–Trinajstić information content (AvgIpc) is 2.43. The van der Waals surface area contributed by atoms with Crippen LogP contribution in [0.2, 0.25) is 0 Å². The first-order valence-electron chi connectivity index (χ1n) is 6.24. The predicted molar refractivity (Wildman–Crippen MR) is 73.4 cm³/mol. The van der Waals surface area contributed by atoms with Gasteiger partial charge in [-0.05, 0) is 24.6 Å². The summed E-state index contributed by atoms with van der Waals surface area (Å²) < 4.78 is 10.2. The molecule has 6 nitrogen and oxygen atoms in total. The van der Waals surface area contributed by atoms with Crippen molar-refractivity contribution in [3.8, 4) is 0 Å². The highest BCUT2D eigenvalue weighted by Gasteiger charge is 2.20. The van der Waals surface area contributed by atoms with E-state index in [0.717, 1.165) is 5.56 Å². The molecule has 0 saturated heterocycles. The highest BCUT2D eigenvalue weighted by Crippen LogP contribution is 2.13. The lowest BCUT2D eigenvalue weighted by Crippen LogP contribution is -2.26. The number of ether oxygens (including phenoxy) is 2. The molecule has 0 bridgehead atoms. The van der Waals surface area contributed by atoms with Crippen LogP contribution in [0.25, 0.3) is 0 Å². The van der Waals surface area contributed by atoms with E-state index in [1.54, 1.807) is 25.3 Å². The van der Waals surface area contributed by atoms with Gasteiger partial charge >= 0.3 is 5.97 Å². The summed E-state index contributed by atoms with van der Waals surface area (Å²) >= 11 is 0. The van der Waals surface area contributed by atoms with Crippen molar-refractivity contribution in [2.24, 2.45) is 5.92 Å². The molecule has 0 saturated carbocycles. The SMILES string of the molecule is COCCOCc1cccc(NC(=O)C(C)C(=O)O)c1. The van der Waals surface area contributed by atoms with Crippen molar-refractivity contribution in [1.29, 1.82) is 0 Å². The number of carbonyl (C=O) groups is 2. The van der Waals surface area contributed by atoms with Crippen LogP contribution in [0, 0.1) is 5.92 Å². The standard InChI is InChI=1S/C14H19NO5/c1-10(14(17)18)13(16)15-12-5-3-4-11(8-12)9-20-7-6-19-2/h3-5,8,10H,6-7,9H2,1-2H3,(H,15,16)(H,17,18). The fourth-order valence-corrected chi connectivity index (χ4v) is 1.43. The Balaban J connectivity index is 2.55. The summed E-state index contributed by atoms with van der Waals surface area (Å²) in [6, 6.07) is 7.09. The minimum Gasteiger partial charge on any atom is -0.481 e. The minimum absolute atomic E-state index is 0.404. The minimum atomic E-state index is -1.15. The lowest BCUT2D eigenvalue weighted by Gasteiger charge is -2.10. The zero-order valence-electron chi connectivity index (χ0n) is 11.6.